The number of hydrogen-bond acceptors (Lipinski definition) is 4. The second-order valence-electron chi connectivity index (χ2n) is 8.51. The number of fused-ring (bicyclic) bond motifs is 1. The maximum Gasteiger partial charge on any atom is 0.276 e. The fourth-order valence-corrected chi connectivity index (χ4v) is 4.36. The van der Waals surface area contributed by atoms with E-state index in [9.17, 15) is 9.18 Å². The molecule has 3 heterocycles. The van der Waals surface area contributed by atoms with Crippen LogP contribution in [0.1, 0.15) is 34.8 Å². The lowest BCUT2D eigenvalue weighted by Gasteiger charge is -2.29. The van der Waals surface area contributed by atoms with E-state index in [1.165, 1.54) is 11.6 Å². The van der Waals surface area contributed by atoms with Gasteiger partial charge in [0.25, 0.3) is 5.91 Å². The first-order valence-electron chi connectivity index (χ1n) is 10.7. The van der Waals surface area contributed by atoms with Crippen LogP contribution in [-0.4, -0.2) is 50.9 Å². The van der Waals surface area contributed by atoms with Crippen molar-refractivity contribution >= 4 is 22.5 Å². The van der Waals surface area contributed by atoms with Crippen LogP contribution in [0.4, 0.5) is 10.1 Å². The topological polar surface area (TPSA) is 78.8 Å². The molecule has 0 atom stereocenters. The minimum absolute atomic E-state index is 0.226. The Kier molecular flexibility index (Phi) is 5.22. The molecule has 1 saturated heterocycles. The molecule has 0 saturated carbocycles. The number of carbonyl (C=O) groups is 1. The Morgan fingerprint density at radius 2 is 1.91 bits per heavy atom. The van der Waals surface area contributed by atoms with Crippen LogP contribution >= 0.6 is 0 Å². The molecule has 1 amide bonds. The zero-order chi connectivity index (χ0) is 22.2. The highest BCUT2D eigenvalue weighted by atomic mass is 19.1. The Morgan fingerprint density at radius 1 is 1.16 bits per heavy atom. The van der Waals surface area contributed by atoms with Crippen molar-refractivity contribution in [2.24, 2.45) is 7.05 Å². The van der Waals surface area contributed by atoms with Crippen molar-refractivity contribution in [3.8, 4) is 11.1 Å². The van der Waals surface area contributed by atoms with Crippen LogP contribution in [0.5, 0.6) is 0 Å². The smallest absolute Gasteiger partial charge is 0.276 e. The van der Waals surface area contributed by atoms with Gasteiger partial charge in [0.2, 0.25) is 0 Å². The van der Waals surface area contributed by atoms with E-state index in [0.717, 1.165) is 25.9 Å². The number of anilines is 1. The summed E-state index contributed by atoms with van der Waals surface area (Å²) in [5, 5.41) is 14.5. The van der Waals surface area contributed by atoms with Gasteiger partial charge in [-0.05, 0) is 62.7 Å². The van der Waals surface area contributed by atoms with Gasteiger partial charge in [0.05, 0.1) is 11.7 Å². The quantitative estimate of drug-likeness (QED) is 0.508. The lowest BCUT2D eigenvalue weighted by Crippen LogP contribution is -2.29. The Labute approximate surface area is 185 Å². The van der Waals surface area contributed by atoms with Crippen molar-refractivity contribution in [2.45, 2.75) is 18.8 Å². The molecular weight excluding hydrogens is 407 g/mol. The summed E-state index contributed by atoms with van der Waals surface area (Å²) in [4.78, 5) is 15.3. The Morgan fingerprint density at radius 3 is 2.59 bits per heavy atom. The second-order valence-corrected chi connectivity index (χ2v) is 8.51. The van der Waals surface area contributed by atoms with Gasteiger partial charge < -0.3 is 10.2 Å². The number of aromatic nitrogens is 4. The largest absolute Gasteiger partial charge is 0.321 e. The molecule has 0 radical (unpaired) electrons. The summed E-state index contributed by atoms with van der Waals surface area (Å²) in [5.74, 6) is -0.176. The number of carbonyl (C=O) groups excluding carboxylic acids is 1. The summed E-state index contributed by atoms with van der Waals surface area (Å²) in [7, 11) is 3.93. The number of nitrogens with one attached hydrogen (secondary N) is 2. The molecule has 32 heavy (non-hydrogen) atoms. The zero-order valence-electron chi connectivity index (χ0n) is 18.1. The summed E-state index contributed by atoms with van der Waals surface area (Å²) < 4.78 is 16.2. The van der Waals surface area contributed by atoms with Crippen molar-refractivity contribution in [2.75, 3.05) is 25.5 Å². The number of H-pyrrole nitrogens is 1. The highest BCUT2D eigenvalue weighted by molar-refractivity contribution is 6.11. The summed E-state index contributed by atoms with van der Waals surface area (Å²) in [6.45, 7) is 2.22. The molecule has 7 nitrogen and oxygen atoms in total. The van der Waals surface area contributed by atoms with Crippen molar-refractivity contribution < 1.29 is 9.18 Å². The zero-order valence-corrected chi connectivity index (χ0v) is 18.1. The van der Waals surface area contributed by atoms with Crippen LogP contribution in [0.2, 0.25) is 0 Å². The van der Waals surface area contributed by atoms with E-state index in [0.29, 0.717) is 33.6 Å². The van der Waals surface area contributed by atoms with Crippen LogP contribution in [0, 0.1) is 5.82 Å². The van der Waals surface area contributed by atoms with E-state index in [1.54, 1.807) is 30.2 Å². The number of halogens is 1. The molecule has 0 bridgehead atoms. The summed E-state index contributed by atoms with van der Waals surface area (Å²) in [5.41, 5.74) is 3.73. The number of aryl methyl sites for hydroxylation is 1. The van der Waals surface area contributed by atoms with E-state index in [4.69, 9.17) is 0 Å². The van der Waals surface area contributed by atoms with E-state index in [2.05, 4.69) is 44.7 Å². The third kappa shape index (κ3) is 3.89. The van der Waals surface area contributed by atoms with Gasteiger partial charge in [-0.15, -0.1) is 0 Å². The molecule has 2 aromatic heterocycles. The maximum atomic E-state index is 14.6. The van der Waals surface area contributed by atoms with Crippen molar-refractivity contribution in [1.82, 2.24) is 24.9 Å². The lowest BCUT2D eigenvalue weighted by molar-refractivity contribution is 0.102. The lowest BCUT2D eigenvalue weighted by atomic mass is 9.89. The fourth-order valence-electron chi connectivity index (χ4n) is 4.36. The van der Waals surface area contributed by atoms with E-state index in [1.807, 2.05) is 12.1 Å². The van der Waals surface area contributed by atoms with Gasteiger partial charge in [0, 0.05) is 41.5 Å². The molecule has 0 spiro atoms. The van der Waals surface area contributed by atoms with Crippen LogP contribution in [-0.2, 0) is 7.05 Å². The molecule has 1 fully saturated rings. The predicted octanol–water partition coefficient (Wildman–Crippen LogP) is 4.16. The van der Waals surface area contributed by atoms with Crippen LogP contribution in [0.3, 0.4) is 0 Å². The first kappa shape index (κ1) is 20.4. The van der Waals surface area contributed by atoms with Crippen molar-refractivity contribution in [3.05, 3.63) is 65.9 Å². The van der Waals surface area contributed by atoms with Crippen LogP contribution in [0.25, 0.3) is 22.0 Å². The number of piperidine rings is 1. The van der Waals surface area contributed by atoms with Gasteiger partial charge in [0.1, 0.15) is 5.82 Å². The minimum atomic E-state index is -0.398. The molecular formula is C24H25FN6O. The Hall–Kier alpha value is -3.52. The molecule has 2 aromatic carbocycles. The third-order valence-corrected chi connectivity index (χ3v) is 6.24. The monoisotopic (exact) mass is 432 g/mol. The summed E-state index contributed by atoms with van der Waals surface area (Å²) in [6.07, 6.45) is 5.63. The number of nitrogens with zero attached hydrogens (tertiary/aromatic N) is 4. The van der Waals surface area contributed by atoms with Gasteiger partial charge in [0.15, 0.2) is 5.69 Å². The van der Waals surface area contributed by atoms with E-state index >= 15 is 0 Å². The molecule has 1 aliphatic heterocycles. The van der Waals surface area contributed by atoms with Gasteiger partial charge >= 0.3 is 0 Å². The number of rotatable bonds is 4. The predicted molar refractivity (Wildman–Crippen MR) is 122 cm³/mol. The number of benzene rings is 2. The molecule has 0 aliphatic carbocycles. The summed E-state index contributed by atoms with van der Waals surface area (Å²) in [6, 6.07) is 11.0. The SMILES string of the molecule is CN1CCC(c2ccc(NC(=O)c3n[nH]c4cc(F)c(-c5cnn(C)c5)cc34)cc2)CC1. The molecule has 4 aromatic rings. The number of amides is 1. The van der Waals surface area contributed by atoms with Crippen molar-refractivity contribution in [3.63, 3.8) is 0 Å². The van der Waals surface area contributed by atoms with Crippen molar-refractivity contribution in [1.29, 1.82) is 0 Å². The van der Waals surface area contributed by atoms with Gasteiger partial charge in [-0.3, -0.25) is 14.6 Å². The number of hydrogen-bond donors (Lipinski definition) is 2. The average Bonchev–Trinajstić information content (AvgIpc) is 3.40. The Bertz CT molecular complexity index is 1270. The molecule has 1 aliphatic rings. The molecule has 0 unspecified atom stereocenters. The normalized spacial score (nSPS) is 15.3. The first-order valence-corrected chi connectivity index (χ1v) is 10.7. The second kappa shape index (κ2) is 8.20. The number of likely N-dealkylation sites (tertiary alicyclic amines) is 1. The van der Waals surface area contributed by atoms with E-state index in [-0.39, 0.29) is 11.6 Å². The molecule has 5 rings (SSSR count). The highest BCUT2D eigenvalue weighted by Crippen LogP contribution is 2.30. The molecule has 2 N–H and O–H groups in total. The molecule has 8 heteroatoms. The summed E-state index contributed by atoms with van der Waals surface area (Å²) >= 11 is 0. The first-order chi connectivity index (χ1) is 15.5. The van der Waals surface area contributed by atoms with E-state index < -0.39 is 5.82 Å². The van der Waals surface area contributed by atoms with Gasteiger partial charge in [-0.25, -0.2) is 4.39 Å². The van der Waals surface area contributed by atoms with Crippen LogP contribution in [0.15, 0.2) is 48.8 Å². The Balaban J connectivity index is 1.37. The number of aromatic amines is 1. The molecule has 164 valence electrons. The minimum Gasteiger partial charge on any atom is -0.321 e. The van der Waals surface area contributed by atoms with Gasteiger partial charge in [-0.2, -0.15) is 10.2 Å². The standard InChI is InChI=1S/C24H25FN6O/c1-30-9-7-16(8-10-30)15-3-5-18(6-4-15)27-24(32)23-20-11-19(17-13-26-31(2)14-17)21(25)12-22(20)28-29-23/h3-6,11-14,16H,7-10H2,1-2H3,(H,27,32)(H,28,29). The average molecular weight is 433 g/mol. The van der Waals surface area contributed by atoms with Crippen LogP contribution < -0.4 is 5.32 Å². The highest BCUT2D eigenvalue weighted by Gasteiger charge is 2.20. The fraction of sp³-hybridized carbons (Fsp3) is 0.292. The maximum absolute atomic E-state index is 14.6. The third-order valence-electron chi connectivity index (χ3n) is 6.24. The van der Waals surface area contributed by atoms with Gasteiger partial charge in [-0.1, -0.05) is 12.1 Å².